The fourth-order valence-electron chi connectivity index (χ4n) is 1.94. The van der Waals surface area contributed by atoms with E-state index >= 15 is 0 Å². The van der Waals surface area contributed by atoms with E-state index in [1.807, 2.05) is 0 Å². The van der Waals surface area contributed by atoms with E-state index in [4.69, 9.17) is 21.1 Å². The Bertz CT molecular complexity index is 734. The van der Waals surface area contributed by atoms with Gasteiger partial charge >= 0.3 is 0 Å². The van der Waals surface area contributed by atoms with Gasteiger partial charge in [0.25, 0.3) is 5.91 Å². The predicted octanol–water partition coefficient (Wildman–Crippen LogP) is 3.18. The molecule has 24 heavy (non-hydrogen) atoms. The number of amides is 2. The van der Waals surface area contributed by atoms with E-state index in [9.17, 15) is 9.59 Å². The van der Waals surface area contributed by atoms with Crippen LogP contribution >= 0.6 is 22.9 Å². The van der Waals surface area contributed by atoms with Crippen LogP contribution in [0.5, 0.6) is 11.5 Å². The van der Waals surface area contributed by atoms with Crippen LogP contribution in [0.4, 0.5) is 5.69 Å². The lowest BCUT2D eigenvalue weighted by Gasteiger charge is -2.16. The molecule has 0 radical (unpaired) electrons. The van der Waals surface area contributed by atoms with Crippen LogP contribution in [0.15, 0.2) is 29.6 Å². The number of hydrogen-bond acceptors (Lipinski definition) is 5. The summed E-state index contributed by atoms with van der Waals surface area (Å²) in [6, 6.07) is 5.84. The number of anilines is 1. The fraction of sp³-hybridized carbons (Fsp3) is 0.250. The van der Waals surface area contributed by atoms with Crippen LogP contribution in [0.1, 0.15) is 16.6 Å². The van der Waals surface area contributed by atoms with Gasteiger partial charge in [0.05, 0.1) is 29.8 Å². The molecule has 0 aliphatic heterocycles. The van der Waals surface area contributed by atoms with Crippen molar-refractivity contribution in [3.63, 3.8) is 0 Å². The van der Waals surface area contributed by atoms with Crippen molar-refractivity contribution in [3.8, 4) is 11.5 Å². The molecule has 8 heteroatoms. The second kappa shape index (κ2) is 8.03. The Morgan fingerprint density at radius 2 is 1.92 bits per heavy atom. The normalized spacial score (nSPS) is 11.5. The molecule has 1 heterocycles. The smallest absolute Gasteiger partial charge is 0.261 e. The minimum Gasteiger partial charge on any atom is -0.495 e. The SMILES string of the molecule is COc1cc(OC)c(NC(=O)C(C)NC(=O)c2cccs2)cc1Cl. The standard InChI is InChI=1S/C16H17ClN2O4S/c1-9(18-16(21)14-5-4-6-24-14)15(20)19-11-7-10(17)12(22-2)8-13(11)23-3/h4-9H,1-3H3,(H,18,21)(H,19,20). The van der Waals surface area contributed by atoms with Gasteiger partial charge < -0.3 is 20.1 Å². The number of hydrogen-bond donors (Lipinski definition) is 2. The zero-order valence-corrected chi connectivity index (χ0v) is 15.0. The van der Waals surface area contributed by atoms with Crippen LogP contribution in [0.25, 0.3) is 0 Å². The number of halogens is 1. The summed E-state index contributed by atoms with van der Waals surface area (Å²) in [4.78, 5) is 24.8. The largest absolute Gasteiger partial charge is 0.495 e. The molecule has 0 saturated carbocycles. The molecule has 0 aliphatic rings. The Hall–Kier alpha value is -2.25. The average Bonchev–Trinajstić information content (AvgIpc) is 3.09. The molecule has 1 aromatic carbocycles. The maximum Gasteiger partial charge on any atom is 0.261 e. The van der Waals surface area contributed by atoms with Crippen LogP contribution in [-0.4, -0.2) is 32.1 Å². The number of benzene rings is 1. The highest BCUT2D eigenvalue weighted by molar-refractivity contribution is 7.12. The molecule has 0 spiro atoms. The van der Waals surface area contributed by atoms with Gasteiger partial charge in [-0.15, -0.1) is 11.3 Å². The van der Waals surface area contributed by atoms with Gasteiger partial charge in [0, 0.05) is 6.07 Å². The van der Waals surface area contributed by atoms with Crippen molar-refractivity contribution in [1.29, 1.82) is 0 Å². The van der Waals surface area contributed by atoms with E-state index in [-0.39, 0.29) is 11.8 Å². The molecule has 2 aromatic rings. The topological polar surface area (TPSA) is 76.7 Å². The van der Waals surface area contributed by atoms with Crippen molar-refractivity contribution in [3.05, 3.63) is 39.5 Å². The highest BCUT2D eigenvalue weighted by Gasteiger charge is 2.19. The Balaban J connectivity index is 2.08. The first-order valence-corrected chi connectivity index (χ1v) is 8.28. The van der Waals surface area contributed by atoms with Crippen LogP contribution in [-0.2, 0) is 4.79 Å². The molecule has 0 bridgehead atoms. The van der Waals surface area contributed by atoms with Crippen molar-refractivity contribution >= 4 is 40.4 Å². The van der Waals surface area contributed by atoms with E-state index in [1.165, 1.54) is 31.6 Å². The van der Waals surface area contributed by atoms with Crippen LogP contribution < -0.4 is 20.1 Å². The van der Waals surface area contributed by atoms with E-state index in [1.54, 1.807) is 30.5 Å². The molecule has 6 nitrogen and oxygen atoms in total. The molecule has 2 N–H and O–H groups in total. The maximum atomic E-state index is 12.3. The van der Waals surface area contributed by atoms with E-state index < -0.39 is 6.04 Å². The summed E-state index contributed by atoms with van der Waals surface area (Å²) in [5.41, 5.74) is 0.394. The molecule has 2 amide bonds. The number of rotatable bonds is 6. The molecule has 0 fully saturated rings. The van der Waals surface area contributed by atoms with Crippen molar-refractivity contribution < 1.29 is 19.1 Å². The number of nitrogens with one attached hydrogen (secondary N) is 2. The molecular weight excluding hydrogens is 352 g/mol. The lowest BCUT2D eigenvalue weighted by atomic mass is 10.2. The van der Waals surface area contributed by atoms with Gasteiger partial charge in [-0.05, 0) is 24.4 Å². The monoisotopic (exact) mass is 368 g/mol. The fourth-order valence-corrected chi connectivity index (χ4v) is 2.81. The van der Waals surface area contributed by atoms with Crippen molar-refractivity contribution in [2.24, 2.45) is 0 Å². The highest BCUT2D eigenvalue weighted by Crippen LogP contribution is 2.35. The second-order valence-electron chi connectivity index (χ2n) is 4.85. The van der Waals surface area contributed by atoms with E-state index in [2.05, 4.69) is 10.6 Å². The minimum absolute atomic E-state index is 0.299. The summed E-state index contributed by atoms with van der Waals surface area (Å²) in [6.07, 6.45) is 0. The van der Waals surface area contributed by atoms with Gasteiger partial charge in [0.15, 0.2) is 0 Å². The van der Waals surface area contributed by atoms with Gasteiger partial charge in [-0.25, -0.2) is 0 Å². The first-order valence-electron chi connectivity index (χ1n) is 7.03. The number of carbonyl (C=O) groups is 2. The zero-order valence-electron chi connectivity index (χ0n) is 13.4. The number of methoxy groups -OCH3 is 2. The van der Waals surface area contributed by atoms with Gasteiger partial charge in [0.1, 0.15) is 17.5 Å². The summed E-state index contributed by atoms with van der Waals surface area (Å²) in [6.45, 7) is 1.60. The first kappa shape index (κ1) is 18.1. The molecule has 0 aliphatic carbocycles. The molecule has 1 aromatic heterocycles. The molecule has 2 rings (SSSR count). The number of carbonyl (C=O) groups excluding carboxylic acids is 2. The Morgan fingerprint density at radius 3 is 2.50 bits per heavy atom. The Labute approximate surface area is 148 Å². The summed E-state index contributed by atoms with van der Waals surface area (Å²) >= 11 is 7.38. The van der Waals surface area contributed by atoms with Crippen molar-refractivity contribution in [2.45, 2.75) is 13.0 Å². The Kier molecular flexibility index (Phi) is 6.05. The lowest BCUT2D eigenvalue weighted by molar-refractivity contribution is -0.117. The highest BCUT2D eigenvalue weighted by atomic mass is 35.5. The van der Waals surface area contributed by atoms with Crippen molar-refractivity contribution in [1.82, 2.24) is 5.32 Å². The van der Waals surface area contributed by atoms with Gasteiger partial charge in [-0.2, -0.15) is 0 Å². The molecule has 0 saturated heterocycles. The zero-order chi connectivity index (χ0) is 17.7. The quantitative estimate of drug-likeness (QED) is 0.821. The van der Waals surface area contributed by atoms with Crippen LogP contribution in [0.2, 0.25) is 5.02 Å². The molecule has 1 atom stereocenters. The van der Waals surface area contributed by atoms with E-state index in [0.29, 0.717) is 27.1 Å². The lowest BCUT2D eigenvalue weighted by Crippen LogP contribution is -2.41. The maximum absolute atomic E-state index is 12.3. The summed E-state index contributed by atoms with van der Waals surface area (Å²) in [5.74, 6) is 0.152. The van der Waals surface area contributed by atoms with Gasteiger partial charge in [-0.1, -0.05) is 17.7 Å². The molecular formula is C16H17ClN2O4S. The third-order valence-electron chi connectivity index (χ3n) is 3.22. The summed E-state index contributed by atoms with van der Waals surface area (Å²) < 4.78 is 10.3. The Morgan fingerprint density at radius 1 is 1.21 bits per heavy atom. The minimum atomic E-state index is -0.731. The third kappa shape index (κ3) is 4.18. The van der Waals surface area contributed by atoms with Crippen LogP contribution in [0, 0.1) is 0 Å². The second-order valence-corrected chi connectivity index (χ2v) is 6.20. The van der Waals surface area contributed by atoms with Gasteiger partial charge in [0.2, 0.25) is 5.91 Å². The first-order chi connectivity index (χ1) is 11.5. The predicted molar refractivity (Wildman–Crippen MR) is 94.4 cm³/mol. The summed E-state index contributed by atoms with van der Waals surface area (Å²) in [5, 5.41) is 7.46. The molecule has 128 valence electrons. The van der Waals surface area contributed by atoms with Crippen molar-refractivity contribution in [2.75, 3.05) is 19.5 Å². The number of ether oxygens (including phenoxy) is 2. The summed E-state index contributed by atoms with van der Waals surface area (Å²) in [7, 11) is 2.96. The van der Waals surface area contributed by atoms with Gasteiger partial charge in [-0.3, -0.25) is 9.59 Å². The third-order valence-corrected chi connectivity index (χ3v) is 4.38. The van der Waals surface area contributed by atoms with E-state index in [0.717, 1.165) is 0 Å². The average molecular weight is 369 g/mol. The number of thiophene rings is 1. The molecule has 1 unspecified atom stereocenters. The van der Waals surface area contributed by atoms with Crippen LogP contribution in [0.3, 0.4) is 0 Å².